The molecular formula is C28H33N3O3S. The van der Waals surface area contributed by atoms with Crippen LogP contribution in [0.3, 0.4) is 0 Å². The second kappa shape index (κ2) is 10.5. The molecule has 1 N–H and O–H groups in total. The van der Waals surface area contributed by atoms with Gasteiger partial charge in [-0.1, -0.05) is 49.4 Å². The van der Waals surface area contributed by atoms with Crippen LogP contribution in [0, 0.1) is 5.92 Å². The highest BCUT2D eigenvalue weighted by Gasteiger charge is 2.29. The Morgan fingerprint density at radius 1 is 1.06 bits per heavy atom. The van der Waals surface area contributed by atoms with Crippen molar-refractivity contribution in [3.63, 3.8) is 0 Å². The SMILES string of the molecule is COC(=O)c1c(NC(=O)CN2CCN(Cc3cccc4ccccc34)CC2)sc2c1CCC(C)C2. The summed E-state index contributed by atoms with van der Waals surface area (Å²) in [4.78, 5) is 31.3. The van der Waals surface area contributed by atoms with Crippen molar-refractivity contribution in [3.05, 3.63) is 64.0 Å². The van der Waals surface area contributed by atoms with E-state index in [9.17, 15) is 9.59 Å². The van der Waals surface area contributed by atoms with Crippen molar-refractivity contribution in [1.29, 1.82) is 0 Å². The summed E-state index contributed by atoms with van der Waals surface area (Å²) in [6.45, 7) is 7.04. The average molecular weight is 492 g/mol. The van der Waals surface area contributed by atoms with Crippen molar-refractivity contribution < 1.29 is 14.3 Å². The Kier molecular flexibility index (Phi) is 7.18. The molecule has 6 nitrogen and oxygen atoms in total. The van der Waals surface area contributed by atoms with Gasteiger partial charge in [0.25, 0.3) is 0 Å². The summed E-state index contributed by atoms with van der Waals surface area (Å²) in [5.41, 5.74) is 2.98. The first-order valence-electron chi connectivity index (χ1n) is 12.5. The van der Waals surface area contributed by atoms with Gasteiger partial charge in [0.05, 0.1) is 19.2 Å². The minimum absolute atomic E-state index is 0.0655. The maximum atomic E-state index is 12.9. The molecule has 1 fully saturated rings. The number of rotatable bonds is 6. The normalized spacial score (nSPS) is 18.9. The fourth-order valence-electron chi connectivity index (χ4n) is 5.30. The van der Waals surface area contributed by atoms with Gasteiger partial charge in [0.15, 0.2) is 0 Å². The van der Waals surface area contributed by atoms with Gasteiger partial charge in [-0.2, -0.15) is 0 Å². The molecule has 1 saturated heterocycles. The van der Waals surface area contributed by atoms with E-state index < -0.39 is 0 Å². The molecule has 1 aliphatic heterocycles. The number of ether oxygens (including phenoxy) is 1. The van der Waals surface area contributed by atoms with E-state index in [-0.39, 0.29) is 11.9 Å². The lowest BCUT2D eigenvalue weighted by Gasteiger charge is -2.34. The Bertz CT molecular complexity index is 1220. The van der Waals surface area contributed by atoms with Crippen LogP contribution in [0.5, 0.6) is 0 Å². The molecule has 184 valence electrons. The molecule has 1 amide bonds. The lowest BCUT2D eigenvalue weighted by Crippen LogP contribution is -2.48. The van der Waals surface area contributed by atoms with Gasteiger partial charge in [-0.15, -0.1) is 11.3 Å². The number of benzene rings is 2. The molecule has 0 saturated carbocycles. The van der Waals surface area contributed by atoms with E-state index in [1.54, 1.807) is 11.3 Å². The van der Waals surface area contributed by atoms with Gasteiger partial charge < -0.3 is 10.1 Å². The zero-order valence-corrected chi connectivity index (χ0v) is 21.3. The molecule has 0 radical (unpaired) electrons. The largest absolute Gasteiger partial charge is 0.465 e. The van der Waals surface area contributed by atoms with Crippen LogP contribution in [-0.4, -0.2) is 61.5 Å². The van der Waals surface area contributed by atoms with Crippen LogP contribution in [0.4, 0.5) is 5.00 Å². The number of esters is 1. The predicted octanol–water partition coefficient (Wildman–Crippen LogP) is 4.57. The van der Waals surface area contributed by atoms with E-state index in [4.69, 9.17) is 4.74 Å². The first-order valence-corrected chi connectivity index (χ1v) is 13.3. The topological polar surface area (TPSA) is 61.9 Å². The smallest absolute Gasteiger partial charge is 0.341 e. The second-order valence-electron chi connectivity index (χ2n) is 9.79. The number of amides is 1. The van der Waals surface area contributed by atoms with Gasteiger partial charge in [-0.3, -0.25) is 14.6 Å². The molecule has 3 aromatic rings. The molecule has 1 atom stereocenters. The minimum Gasteiger partial charge on any atom is -0.465 e. The molecular weight excluding hydrogens is 458 g/mol. The maximum absolute atomic E-state index is 12.9. The van der Waals surface area contributed by atoms with E-state index in [2.05, 4.69) is 64.5 Å². The van der Waals surface area contributed by atoms with Crippen LogP contribution in [0.25, 0.3) is 10.8 Å². The monoisotopic (exact) mass is 491 g/mol. The molecule has 7 heteroatoms. The van der Waals surface area contributed by atoms with Gasteiger partial charge in [0.2, 0.25) is 5.91 Å². The fourth-order valence-corrected chi connectivity index (χ4v) is 6.72. The van der Waals surface area contributed by atoms with Crippen molar-refractivity contribution in [2.75, 3.05) is 45.2 Å². The number of piperazine rings is 1. The number of carbonyl (C=O) groups excluding carboxylic acids is 2. The molecule has 1 aromatic heterocycles. The molecule has 2 aromatic carbocycles. The molecule has 0 spiro atoms. The minimum atomic E-state index is -0.352. The van der Waals surface area contributed by atoms with Gasteiger partial charge in [0.1, 0.15) is 5.00 Å². The van der Waals surface area contributed by atoms with Gasteiger partial charge in [-0.05, 0) is 47.1 Å². The second-order valence-corrected chi connectivity index (χ2v) is 10.9. The van der Waals surface area contributed by atoms with Crippen LogP contribution in [0.15, 0.2) is 42.5 Å². The Hall–Kier alpha value is -2.74. The molecule has 35 heavy (non-hydrogen) atoms. The van der Waals surface area contributed by atoms with Crippen LogP contribution in [-0.2, 0) is 28.9 Å². The van der Waals surface area contributed by atoms with Crippen molar-refractivity contribution >= 4 is 39.0 Å². The number of hydrogen-bond acceptors (Lipinski definition) is 6. The van der Waals surface area contributed by atoms with Gasteiger partial charge >= 0.3 is 5.97 Å². The zero-order chi connectivity index (χ0) is 24.4. The number of methoxy groups -OCH3 is 1. The zero-order valence-electron chi connectivity index (χ0n) is 20.5. The van der Waals surface area contributed by atoms with Crippen LogP contribution in [0.1, 0.15) is 39.7 Å². The number of fused-ring (bicyclic) bond motifs is 2. The van der Waals surface area contributed by atoms with Crippen molar-refractivity contribution in [1.82, 2.24) is 9.80 Å². The Balaban J connectivity index is 1.18. The summed E-state index contributed by atoms with van der Waals surface area (Å²) < 4.78 is 5.05. The van der Waals surface area contributed by atoms with E-state index in [0.29, 0.717) is 23.0 Å². The molecule has 1 unspecified atom stereocenters. The first-order chi connectivity index (χ1) is 17.0. The number of thiophene rings is 1. The predicted molar refractivity (Wildman–Crippen MR) is 141 cm³/mol. The molecule has 2 heterocycles. The van der Waals surface area contributed by atoms with E-state index in [1.807, 2.05) is 0 Å². The summed E-state index contributed by atoms with van der Waals surface area (Å²) in [5, 5.41) is 6.27. The summed E-state index contributed by atoms with van der Waals surface area (Å²) >= 11 is 1.54. The third-order valence-corrected chi connectivity index (χ3v) is 8.43. The summed E-state index contributed by atoms with van der Waals surface area (Å²) in [7, 11) is 1.40. The van der Waals surface area contributed by atoms with Crippen LogP contribution < -0.4 is 5.32 Å². The van der Waals surface area contributed by atoms with E-state index in [0.717, 1.165) is 57.5 Å². The van der Waals surface area contributed by atoms with E-state index >= 15 is 0 Å². The quantitative estimate of drug-likeness (QED) is 0.512. The molecule has 0 bridgehead atoms. The van der Waals surface area contributed by atoms with Gasteiger partial charge in [0, 0.05) is 37.6 Å². The Labute approximate surface area is 210 Å². The fraction of sp³-hybridized carbons (Fsp3) is 0.429. The van der Waals surface area contributed by atoms with Crippen molar-refractivity contribution in [2.24, 2.45) is 5.92 Å². The van der Waals surface area contributed by atoms with Crippen molar-refractivity contribution in [3.8, 4) is 0 Å². The highest BCUT2D eigenvalue weighted by Crippen LogP contribution is 2.40. The summed E-state index contributed by atoms with van der Waals surface area (Å²) in [6.07, 6.45) is 2.88. The standard InChI is InChI=1S/C28H33N3O3S/c1-19-10-11-23-24(16-19)35-27(26(23)28(33)34-2)29-25(32)18-31-14-12-30(13-15-31)17-21-8-5-7-20-6-3-4-9-22(20)21/h3-9,19H,10-18H2,1-2H3,(H,29,32). The average Bonchev–Trinajstić information content (AvgIpc) is 3.21. The number of nitrogens with zero attached hydrogens (tertiary/aromatic N) is 2. The van der Waals surface area contributed by atoms with Crippen LogP contribution in [0.2, 0.25) is 0 Å². The van der Waals surface area contributed by atoms with Gasteiger partial charge in [-0.25, -0.2) is 4.79 Å². The highest BCUT2D eigenvalue weighted by atomic mass is 32.1. The number of anilines is 1. The summed E-state index contributed by atoms with van der Waals surface area (Å²) in [6, 6.07) is 15.0. The van der Waals surface area contributed by atoms with Crippen molar-refractivity contribution in [2.45, 2.75) is 32.7 Å². The third kappa shape index (κ3) is 5.27. The molecule has 2 aliphatic rings. The lowest BCUT2D eigenvalue weighted by molar-refractivity contribution is -0.117. The summed E-state index contributed by atoms with van der Waals surface area (Å²) in [5.74, 6) is 0.180. The Morgan fingerprint density at radius 3 is 2.60 bits per heavy atom. The third-order valence-electron chi connectivity index (χ3n) is 7.26. The number of nitrogens with one attached hydrogen (secondary N) is 1. The maximum Gasteiger partial charge on any atom is 0.341 e. The van der Waals surface area contributed by atoms with Crippen LogP contribution >= 0.6 is 11.3 Å². The Morgan fingerprint density at radius 2 is 1.80 bits per heavy atom. The number of hydrogen-bond donors (Lipinski definition) is 1. The van der Waals surface area contributed by atoms with E-state index in [1.165, 1.54) is 28.3 Å². The highest BCUT2D eigenvalue weighted by molar-refractivity contribution is 7.17. The number of carbonyl (C=O) groups is 2. The lowest BCUT2D eigenvalue weighted by atomic mass is 9.88. The first kappa shape index (κ1) is 24.0. The molecule has 5 rings (SSSR count). The molecule has 1 aliphatic carbocycles.